The predicted molar refractivity (Wildman–Crippen MR) is 186 cm³/mol. The minimum atomic E-state index is -0.147. The Labute approximate surface area is 256 Å². The zero-order chi connectivity index (χ0) is 29.8. The van der Waals surface area contributed by atoms with Gasteiger partial charge in [-0.1, -0.05) is 128 Å². The average molecular weight is 579 g/mol. The highest BCUT2D eigenvalue weighted by molar-refractivity contribution is 7.26. The third kappa shape index (κ3) is 5.99. The lowest BCUT2D eigenvalue weighted by atomic mass is 9.95. The topological polar surface area (TPSA) is 76.8 Å². The van der Waals surface area contributed by atoms with Crippen molar-refractivity contribution in [2.24, 2.45) is 15.7 Å². The fourth-order valence-electron chi connectivity index (χ4n) is 5.41. The van der Waals surface area contributed by atoms with Crippen LogP contribution in [0.25, 0.3) is 26.2 Å². The van der Waals surface area contributed by atoms with Crippen LogP contribution in [0.4, 0.5) is 5.69 Å². The van der Waals surface area contributed by atoms with Gasteiger partial charge < -0.3 is 11.5 Å². The molecule has 212 valence electrons. The minimum absolute atomic E-state index is 0.147. The van der Waals surface area contributed by atoms with Crippen LogP contribution in [0, 0.1) is 0 Å². The van der Waals surface area contributed by atoms with Gasteiger partial charge in [-0.05, 0) is 35.7 Å². The molecule has 0 spiro atoms. The molecule has 6 rings (SSSR count). The average Bonchev–Trinajstić information content (AvgIpc) is 3.44. The molecule has 5 aromatic carbocycles. The van der Waals surface area contributed by atoms with Crippen LogP contribution in [0.1, 0.15) is 53.6 Å². The smallest absolute Gasteiger partial charge is 0.157 e. The normalized spacial score (nSPS) is 14.0. The van der Waals surface area contributed by atoms with Crippen molar-refractivity contribution >= 4 is 54.9 Å². The molecule has 0 saturated carbocycles. The number of aliphatic imine (C=N–C) groups is 2. The summed E-state index contributed by atoms with van der Waals surface area (Å²) in [6, 6.07) is 40.8. The number of nitrogen functional groups attached to an aromatic ring is 1. The molecular weight excluding hydrogens is 545 g/mol. The van der Waals surface area contributed by atoms with Crippen molar-refractivity contribution < 1.29 is 0 Å². The number of anilines is 1. The van der Waals surface area contributed by atoms with E-state index in [1.54, 1.807) is 0 Å². The molecule has 0 aliphatic heterocycles. The second-order valence-corrected chi connectivity index (χ2v) is 11.7. The predicted octanol–water partition coefficient (Wildman–Crippen LogP) is 9.37. The fraction of sp³-hybridized carbons (Fsp3) is 0.105. The van der Waals surface area contributed by atoms with Crippen molar-refractivity contribution in [3.05, 3.63) is 155 Å². The summed E-state index contributed by atoms with van der Waals surface area (Å²) in [5.74, 6) is 1.28. The molecule has 0 aliphatic rings. The monoisotopic (exact) mass is 578 g/mol. The van der Waals surface area contributed by atoms with Crippen LogP contribution in [0.3, 0.4) is 0 Å². The first-order valence-corrected chi connectivity index (χ1v) is 15.3. The van der Waals surface area contributed by atoms with Gasteiger partial charge in [-0.2, -0.15) is 0 Å². The second-order valence-electron chi connectivity index (χ2n) is 10.7. The second kappa shape index (κ2) is 12.5. The number of hydrogen-bond donors (Lipinski definition) is 2. The maximum atomic E-state index is 6.47. The highest BCUT2D eigenvalue weighted by atomic mass is 32.1. The zero-order valence-corrected chi connectivity index (χ0v) is 25.1. The molecular formula is C38H34N4S. The summed E-state index contributed by atoms with van der Waals surface area (Å²) < 4.78 is 2.55. The number of allylic oxidation sites excluding steroid dienone is 1. The zero-order valence-electron chi connectivity index (χ0n) is 24.3. The Balaban J connectivity index is 1.42. The molecule has 0 fully saturated rings. The Kier molecular flexibility index (Phi) is 8.16. The molecule has 2 atom stereocenters. The first-order chi connectivity index (χ1) is 21.0. The first kappa shape index (κ1) is 28.1. The molecule has 4 nitrogen and oxygen atoms in total. The van der Waals surface area contributed by atoms with Gasteiger partial charge in [0.05, 0.1) is 6.04 Å². The van der Waals surface area contributed by atoms with Gasteiger partial charge in [-0.15, -0.1) is 11.3 Å². The molecule has 1 heterocycles. The number of nitrogens with zero attached hydrogens (tertiary/aromatic N) is 2. The van der Waals surface area contributed by atoms with E-state index in [-0.39, 0.29) is 12.0 Å². The van der Waals surface area contributed by atoms with Crippen molar-refractivity contribution in [2.45, 2.75) is 25.8 Å². The van der Waals surface area contributed by atoms with E-state index in [0.29, 0.717) is 11.7 Å². The van der Waals surface area contributed by atoms with Gasteiger partial charge >= 0.3 is 0 Å². The molecule has 6 aromatic rings. The van der Waals surface area contributed by atoms with Gasteiger partial charge in [0, 0.05) is 42.9 Å². The van der Waals surface area contributed by atoms with Gasteiger partial charge in [-0.25, -0.2) is 4.99 Å². The molecule has 0 amide bonds. The number of nitrogens with two attached hydrogens (primary N) is 2. The summed E-state index contributed by atoms with van der Waals surface area (Å²) in [5, 5.41) is 2.50. The van der Waals surface area contributed by atoms with E-state index in [9.17, 15) is 0 Å². The summed E-state index contributed by atoms with van der Waals surface area (Å²) in [6.07, 6.45) is 4.36. The van der Waals surface area contributed by atoms with Crippen LogP contribution < -0.4 is 11.5 Å². The summed E-state index contributed by atoms with van der Waals surface area (Å²) >= 11 is 1.84. The molecule has 2 unspecified atom stereocenters. The summed E-state index contributed by atoms with van der Waals surface area (Å²) in [6.45, 7) is 4.37. The molecule has 0 aliphatic carbocycles. The van der Waals surface area contributed by atoms with E-state index in [2.05, 4.69) is 62.4 Å². The Hall–Kier alpha value is -5.00. The number of benzene rings is 5. The number of para-hydroxylation sites is 1. The summed E-state index contributed by atoms with van der Waals surface area (Å²) in [4.78, 5) is 10.0. The maximum absolute atomic E-state index is 6.47. The molecule has 0 radical (unpaired) electrons. The first-order valence-electron chi connectivity index (χ1n) is 14.5. The van der Waals surface area contributed by atoms with E-state index in [4.69, 9.17) is 21.5 Å². The number of hydrogen-bond acceptors (Lipinski definition) is 3. The summed E-state index contributed by atoms with van der Waals surface area (Å²) in [7, 11) is 0. The quantitative estimate of drug-likeness (QED) is 0.112. The van der Waals surface area contributed by atoms with Crippen molar-refractivity contribution in [1.29, 1.82) is 0 Å². The van der Waals surface area contributed by atoms with E-state index in [1.165, 1.54) is 31.3 Å². The van der Waals surface area contributed by atoms with E-state index >= 15 is 0 Å². The van der Waals surface area contributed by atoms with Crippen LogP contribution in [-0.4, -0.2) is 11.7 Å². The van der Waals surface area contributed by atoms with Gasteiger partial charge in [0.15, 0.2) is 5.84 Å². The lowest BCUT2D eigenvalue weighted by Crippen LogP contribution is -2.16. The van der Waals surface area contributed by atoms with Crippen molar-refractivity contribution in [3.8, 4) is 0 Å². The Bertz CT molecular complexity index is 1970. The number of amidine groups is 2. The molecule has 43 heavy (non-hydrogen) atoms. The third-order valence-electron chi connectivity index (χ3n) is 7.73. The van der Waals surface area contributed by atoms with Crippen molar-refractivity contribution in [2.75, 3.05) is 5.73 Å². The van der Waals surface area contributed by atoms with Crippen molar-refractivity contribution in [1.82, 2.24) is 0 Å². The van der Waals surface area contributed by atoms with Gasteiger partial charge in [-0.3, -0.25) is 4.99 Å². The Morgan fingerprint density at radius 2 is 1.37 bits per heavy atom. The largest absolute Gasteiger partial charge is 0.398 e. The third-order valence-corrected chi connectivity index (χ3v) is 8.95. The van der Waals surface area contributed by atoms with E-state index in [0.717, 1.165) is 22.4 Å². The van der Waals surface area contributed by atoms with Crippen LogP contribution in [0.15, 0.2) is 137 Å². The van der Waals surface area contributed by atoms with Crippen LogP contribution in [0.5, 0.6) is 0 Å². The van der Waals surface area contributed by atoms with Crippen LogP contribution in [0.2, 0.25) is 0 Å². The van der Waals surface area contributed by atoms with E-state index in [1.807, 2.05) is 96.3 Å². The van der Waals surface area contributed by atoms with Gasteiger partial charge in [0.2, 0.25) is 0 Å². The molecule has 1 aromatic heterocycles. The van der Waals surface area contributed by atoms with Crippen molar-refractivity contribution in [3.63, 3.8) is 0 Å². The molecule has 5 heteroatoms. The molecule has 0 bridgehead atoms. The lowest BCUT2D eigenvalue weighted by Gasteiger charge is -2.13. The van der Waals surface area contributed by atoms with Crippen LogP contribution in [-0.2, 0) is 0 Å². The van der Waals surface area contributed by atoms with Crippen LogP contribution >= 0.6 is 11.3 Å². The Morgan fingerprint density at radius 3 is 2.12 bits per heavy atom. The number of thiophene rings is 1. The SMILES string of the molecule is CC(/C=C\c1ccccc1N)c1cccc2c1sc1cccc(C(C)N=C(N=C(N)c3ccccc3)c3ccccc3)c12. The fourth-order valence-corrected chi connectivity index (χ4v) is 6.76. The molecule has 4 N–H and O–H groups in total. The number of rotatable bonds is 7. The van der Waals surface area contributed by atoms with Gasteiger partial charge in [0.25, 0.3) is 0 Å². The highest BCUT2D eigenvalue weighted by Gasteiger charge is 2.18. The van der Waals surface area contributed by atoms with E-state index < -0.39 is 0 Å². The lowest BCUT2D eigenvalue weighted by molar-refractivity contribution is 0.827. The Morgan fingerprint density at radius 1 is 0.721 bits per heavy atom. The minimum Gasteiger partial charge on any atom is -0.398 e. The standard InChI is InChI=1S/C38H34N4S/c1-25(23-24-27-13-9-10-21-33(27)39)30-18-11-20-32-35-31(19-12-22-34(35)43-36(30)32)26(2)41-38(29-16-7-4-8-17-29)42-37(40)28-14-5-3-6-15-28/h3-26H,39H2,1-2H3,(H2,40,41,42)/b24-23-. The summed E-state index contributed by atoms with van der Waals surface area (Å²) in [5.41, 5.74) is 18.8. The van der Waals surface area contributed by atoms with Gasteiger partial charge in [0.1, 0.15) is 5.84 Å². The highest BCUT2D eigenvalue weighted by Crippen LogP contribution is 2.42. The molecule has 0 saturated heterocycles. The maximum Gasteiger partial charge on any atom is 0.157 e. The number of fused-ring (bicyclic) bond motifs is 3.